The second-order valence-electron chi connectivity index (χ2n) is 3.24. The number of carbonyl (C=O) groups excluding carboxylic acids is 1. The van der Waals surface area contributed by atoms with Gasteiger partial charge in [-0.3, -0.25) is 9.59 Å². The molecule has 1 amide bonds. The number of carboxylic acid groups (broad SMARTS) is 1. The third-order valence-corrected chi connectivity index (χ3v) is 1.79. The number of aliphatic carboxylic acids is 1. The first kappa shape index (κ1) is 13.9. The molecular weight excluding hydrogens is 202 g/mol. The van der Waals surface area contributed by atoms with Gasteiger partial charge in [0.1, 0.15) is 0 Å². The highest BCUT2D eigenvalue weighted by Crippen LogP contribution is 1.99. The first-order valence-electron chi connectivity index (χ1n) is 4.83. The van der Waals surface area contributed by atoms with E-state index in [0.29, 0.717) is 12.8 Å². The Hall–Kier alpha value is -1.14. The molecule has 0 heterocycles. The van der Waals surface area contributed by atoms with Crippen LogP contribution in [0, 0.1) is 0 Å². The molecule has 15 heavy (non-hydrogen) atoms. The van der Waals surface area contributed by atoms with Crippen LogP contribution in [0.25, 0.3) is 0 Å². The number of aliphatic hydroxyl groups excluding tert-OH is 2. The lowest BCUT2D eigenvalue weighted by Crippen LogP contribution is -2.33. The summed E-state index contributed by atoms with van der Waals surface area (Å²) in [5, 5.41) is 28.1. The SMILES string of the molecule is O=C(O)CCCCC(=O)NCC(O)CO. The second-order valence-corrected chi connectivity index (χ2v) is 3.24. The lowest BCUT2D eigenvalue weighted by Gasteiger charge is -2.08. The molecule has 0 radical (unpaired) electrons. The molecule has 0 saturated heterocycles. The molecule has 6 heteroatoms. The third kappa shape index (κ3) is 9.17. The molecule has 0 saturated carbocycles. The Kier molecular flexibility index (Phi) is 7.57. The van der Waals surface area contributed by atoms with Gasteiger partial charge in [-0.1, -0.05) is 0 Å². The fourth-order valence-corrected chi connectivity index (χ4v) is 0.946. The highest BCUT2D eigenvalue weighted by atomic mass is 16.4. The van der Waals surface area contributed by atoms with Crippen molar-refractivity contribution >= 4 is 11.9 Å². The van der Waals surface area contributed by atoms with E-state index < -0.39 is 12.1 Å². The molecule has 1 atom stereocenters. The molecule has 0 bridgehead atoms. The smallest absolute Gasteiger partial charge is 0.303 e. The molecule has 0 aromatic carbocycles. The van der Waals surface area contributed by atoms with Crippen LogP contribution in [0.15, 0.2) is 0 Å². The van der Waals surface area contributed by atoms with Gasteiger partial charge in [-0.05, 0) is 12.8 Å². The molecule has 0 spiro atoms. The van der Waals surface area contributed by atoms with Gasteiger partial charge in [0.2, 0.25) is 5.91 Å². The standard InChI is InChI=1S/C9H17NO5/c11-6-7(12)5-10-8(13)3-1-2-4-9(14)15/h7,11-12H,1-6H2,(H,10,13)(H,14,15). The highest BCUT2D eigenvalue weighted by molar-refractivity contribution is 5.75. The summed E-state index contributed by atoms with van der Waals surface area (Å²) in [5.41, 5.74) is 0. The maximum atomic E-state index is 11.1. The van der Waals surface area contributed by atoms with Crippen molar-refractivity contribution in [2.45, 2.75) is 31.8 Å². The Morgan fingerprint density at radius 2 is 1.80 bits per heavy atom. The van der Waals surface area contributed by atoms with E-state index in [1.807, 2.05) is 0 Å². The summed E-state index contributed by atoms with van der Waals surface area (Å²) < 4.78 is 0. The first-order valence-corrected chi connectivity index (χ1v) is 4.83. The van der Waals surface area contributed by atoms with Crippen molar-refractivity contribution in [2.75, 3.05) is 13.2 Å². The number of hydrogen-bond acceptors (Lipinski definition) is 4. The van der Waals surface area contributed by atoms with Gasteiger partial charge in [0, 0.05) is 19.4 Å². The Morgan fingerprint density at radius 1 is 1.20 bits per heavy atom. The molecule has 0 aliphatic heterocycles. The Bertz CT molecular complexity index is 207. The predicted molar refractivity (Wildman–Crippen MR) is 52.2 cm³/mol. The molecule has 0 aliphatic rings. The number of nitrogens with one attached hydrogen (secondary N) is 1. The minimum absolute atomic E-state index is 0.0221. The molecule has 88 valence electrons. The molecule has 1 unspecified atom stereocenters. The minimum atomic E-state index is -0.937. The van der Waals surface area contributed by atoms with E-state index in [0.717, 1.165) is 0 Å². The number of hydrogen-bond donors (Lipinski definition) is 4. The molecule has 0 aromatic heterocycles. The Balaban J connectivity index is 3.37. The fraction of sp³-hybridized carbons (Fsp3) is 0.778. The molecule has 0 rings (SSSR count). The zero-order valence-electron chi connectivity index (χ0n) is 8.48. The quantitative estimate of drug-likeness (QED) is 0.396. The lowest BCUT2D eigenvalue weighted by molar-refractivity contribution is -0.137. The van der Waals surface area contributed by atoms with Crippen LogP contribution in [0.2, 0.25) is 0 Å². The van der Waals surface area contributed by atoms with Crippen LogP contribution >= 0.6 is 0 Å². The number of carbonyl (C=O) groups is 2. The third-order valence-electron chi connectivity index (χ3n) is 1.79. The molecule has 0 aromatic rings. The van der Waals surface area contributed by atoms with Gasteiger partial charge < -0.3 is 20.6 Å². The van der Waals surface area contributed by atoms with Crippen molar-refractivity contribution in [3.8, 4) is 0 Å². The van der Waals surface area contributed by atoms with Crippen LogP contribution in [0.4, 0.5) is 0 Å². The highest BCUT2D eigenvalue weighted by Gasteiger charge is 2.05. The molecule has 0 aliphatic carbocycles. The summed E-state index contributed by atoms with van der Waals surface area (Å²) in [7, 11) is 0. The summed E-state index contributed by atoms with van der Waals surface area (Å²) >= 11 is 0. The molecule has 0 fully saturated rings. The van der Waals surface area contributed by atoms with E-state index in [4.69, 9.17) is 15.3 Å². The largest absolute Gasteiger partial charge is 0.481 e. The van der Waals surface area contributed by atoms with Gasteiger partial charge in [-0.2, -0.15) is 0 Å². The summed E-state index contributed by atoms with van der Waals surface area (Å²) in [6, 6.07) is 0. The summed E-state index contributed by atoms with van der Waals surface area (Å²) in [6.45, 7) is -0.368. The van der Waals surface area contributed by atoms with Gasteiger partial charge in [-0.15, -0.1) is 0 Å². The van der Waals surface area contributed by atoms with Crippen molar-refractivity contribution < 1.29 is 24.9 Å². The van der Waals surface area contributed by atoms with Crippen molar-refractivity contribution in [2.24, 2.45) is 0 Å². The number of aliphatic hydroxyl groups is 2. The van der Waals surface area contributed by atoms with Crippen LogP contribution in [0.1, 0.15) is 25.7 Å². The summed E-state index contributed by atoms with van der Waals surface area (Å²) in [5.74, 6) is -1.11. The van der Waals surface area contributed by atoms with Gasteiger partial charge in [0.15, 0.2) is 0 Å². The van der Waals surface area contributed by atoms with Crippen LogP contribution in [0.5, 0.6) is 0 Å². The Morgan fingerprint density at radius 3 is 2.33 bits per heavy atom. The van der Waals surface area contributed by atoms with Crippen molar-refractivity contribution in [3.05, 3.63) is 0 Å². The second kappa shape index (κ2) is 8.19. The number of carboxylic acids is 1. The van der Waals surface area contributed by atoms with Crippen molar-refractivity contribution in [1.82, 2.24) is 5.32 Å². The zero-order valence-corrected chi connectivity index (χ0v) is 8.48. The number of unbranched alkanes of at least 4 members (excludes halogenated alkanes) is 1. The van der Waals surface area contributed by atoms with E-state index in [2.05, 4.69) is 5.32 Å². The minimum Gasteiger partial charge on any atom is -0.481 e. The molecule has 6 nitrogen and oxygen atoms in total. The summed E-state index contributed by atoms with van der Waals surface area (Å²) in [4.78, 5) is 21.2. The van der Waals surface area contributed by atoms with Crippen LogP contribution in [-0.4, -0.2) is 46.5 Å². The molecule has 4 N–H and O–H groups in total. The monoisotopic (exact) mass is 219 g/mol. The first-order chi connectivity index (χ1) is 7.06. The van der Waals surface area contributed by atoms with E-state index >= 15 is 0 Å². The average molecular weight is 219 g/mol. The van der Waals surface area contributed by atoms with Gasteiger partial charge in [-0.25, -0.2) is 0 Å². The van der Waals surface area contributed by atoms with E-state index in [-0.39, 0.29) is 31.9 Å². The zero-order chi connectivity index (χ0) is 11.7. The topological polar surface area (TPSA) is 107 Å². The lowest BCUT2D eigenvalue weighted by atomic mass is 10.2. The maximum Gasteiger partial charge on any atom is 0.303 e. The van der Waals surface area contributed by atoms with Gasteiger partial charge in [0.25, 0.3) is 0 Å². The van der Waals surface area contributed by atoms with Crippen LogP contribution < -0.4 is 5.32 Å². The Labute approximate surface area is 87.9 Å². The van der Waals surface area contributed by atoms with Crippen molar-refractivity contribution in [3.63, 3.8) is 0 Å². The van der Waals surface area contributed by atoms with Crippen LogP contribution in [-0.2, 0) is 9.59 Å². The van der Waals surface area contributed by atoms with E-state index in [1.54, 1.807) is 0 Å². The maximum absolute atomic E-state index is 11.1. The van der Waals surface area contributed by atoms with Crippen LogP contribution in [0.3, 0.4) is 0 Å². The van der Waals surface area contributed by atoms with Crippen molar-refractivity contribution in [1.29, 1.82) is 0 Å². The average Bonchev–Trinajstić information content (AvgIpc) is 2.20. The normalized spacial score (nSPS) is 12.1. The number of amides is 1. The molecular formula is C9H17NO5. The predicted octanol–water partition coefficient (Wildman–Crippen LogP) is -0.899. The fourth-order valence-electron chi connectivity index (χ4n) is 0.946. The summed E-state index contributed by atoms with van der Waals surface area (Å²) in [6.07, 6.45) is 0.337. The van der Waals surface area contributed by atoms with Gasteiger partial charge in [0.05, 0.1) is 12.7 Å². The number of rotatable bonds is 8. The van der Waals surface area contributed by atoms with E-state index in [9.17, 15) is 9.59 Å². The van der Waals surface area contributed by atoms with Gasteiger partial charge >= 0.3 is 5.97 Å². The van der Waals surface area contributed by atoms with E-state index in [1.165, 1.54) is 0 Å².